The van der Waals surface area contributed by atoms with Crippen molar-refractivity contribution in [2.75, 3.05) is 6.54 Å². The van der Waals surface area contributed by atoms with E-state index in [1.807, 2.05) is 6.92 Å². The van der Waals surface area contributed by atoms with Crippen LogP contribution in [-0.2, 0) is 10.0 Å². The molecule has 2 aromatic rings. The van der Waals surface area contributed by atoms with Crippen LogP contribution in [0.2, 0.25) is 5.02 Å². The van der Waals surface area contributed by atoms with Crippen molar-refractivity contribution in [1.82, 2.24) is 4.72 Å². The molecule has 2 rings (SSSR count). The molecular weight excluding hydrogens is 313 g/mol. The van der Waals surface area contributed by atoms with Gasteiger partial charge in [-0.25, -0.2) is 17.5 Å². The van der Waals surface area contributed by atoms with E-state index in [2.05, 4.69) is 4.72 Å². The lowest BCUT2D eigenvalue weighted by Crippen LogP contribution is -2.27. The van der Waals surface area contributed by atoms with Gasteiger partial charge in [-0.3, -0.25) is 0 Å². The van der Waals surface area contributed by atoms with Crippen molar-refractivity contribution in [1.29, 1.82) is 0 Å². The number of aryl methyl sites for hydroxylation is 1. The SMILES string of the molecule is Cc1ccc(S(=O)(=O)NCC(F)c2cccc(Cl)c2)cc1. The summed E-state index contributed by atoms with van der Waals surface area (Å²) in [5.41, 5.74) is 1.30. The lowest BCUT2D eigenvalue weighted by Gasteiger charge is -2.11. The number of sulfonamides is 1. The molecule has 0 amide bonds. The van der Waals surface area contributed by atoms with E-state index in [0.717, 1.165) is 5.56 Å². The Morgan fingerprint density at radius 2 is 1.86 bits per heavy atom. The topological polar surface area (TPSA) is 46.2 Å². The molecule has 1 unspecified atom stereocenters. The molecule has 0 saturated heterocycles. The van der Waals surface area contributed by atoms with Crippen LogP contribution in [0.1, 0.15) is 17.3 Å². The zero-order valence-electron chi connectivity index (χ0n) is 11.4. The lowest BCUT2D eigenvalue weighted by atomic mass is 10.1. The highest BCUT2D eigenvalue weighted by molar-refractivity contribution is 7.89. The summed E-state index contributed by atoms with van der Waals surface area (Å²) in [5.74, 6) is 0. The molecule has 6 heteroatoms. The smallest absolute Gasteiger partial charge is 0.240 e. The first-order valence-electron chi connectivity index (χ1n) is 6.34. The van der Waals surface area contributed by atoms with E-state index < -0.39 is 16.2 Å². The molecule has 0 saturated carbocycles. The van der Waals surface area contributed by atoms with Gasteiger partial charge in [0.05, 0.1) is 4.90 Å². The quantitative estimate of drug-likeness (QED) is 0.911. The number of nitrogens with one attached hydrogen (secondary N) is 1. The first-order chi connectivity index (χ1) is 9.88. The van der Waals surface area contributed by atoms with Crippen molar-refractivity contribution in [3.05, 3.63) is 64.7 Å². The van der Waals surface area contributed by atoms with Crippen LogP contribution in [0.5, 0.6) is 0 Å². The number of hydrogen-bond donors (Lipinski definition) is 1. The second-order valence-corrected chi connectivity index (χ2v) is 6.89. The van der Waals surface area contributed by atoms with Crippen molar-refractivity contribution in [2.24, 2.45) is 0 Å². The van der Waals surface area contributed by atoms with E-state index in [9.17, 15) is 12.8 Å². The number of rotatable bonds is 5. The minimum Gasteiger partial charge on any atom is -0.241 e. The van der Waals surface area contributed by atoms with E-state index in [4.69, 9.17) is 11.6 Å². The highest BCUT2D eigenvalue weighted by Crippen LogP contribution is 2.21. The van der Waals surface area contributed by atoms with Crippen LogP contribution in [-0.4, -0.2) is 15.0 Å². The Bertz CT molecular complexity index is 717. The maximum atomic E-state index is 14.0. The van der Waals surface area contributed by atoms with Gasteiger partial charge >= 0.3 is 0 Å². The molecule has 3 nitrogen and oxygen atoms in total. The Balaban J connectivity index is 2.06. The molecule has 1 N–H and O–H groups in total. The molecule has 0 fully saturated rings. The first-order valence-corrected chi connectivity index (χ1v) is 8.20. The summed E-state index contributed by atoms with van der Waals surface area (Å²) >= 11 is 5.78. The fraction of sp³-hybridized carbons (Fsp3) is 0.200. The summed E-state index contributed by atoms with van der Waals surface area (Å²) in [4.78, 5) is 0.117. The molecular formula is C15H15ClFNO2S. The molecule has 0 aliphatic heterocycles. The van der Waals surface area contributed by atoms with Crippen molar-refractivity contribution in [3.8, 4) is 0 Å². The molecule has 0 aliphatic rings. The van der Waals surface area contributed by atoms with Gasteiger partial charge in [0.1, 0.15) is 6.17 Å². The van der Waals surface area contributed by atoms with E-state index in [-0.39, 0.29) is 11.4 Å². The van der Waals surface area contributed by atoms with Gasteiger partial charge in [-0.1, -0.05) is 41.4 Å². The van der Waals surface area contributed by atoms with Crippen molar-refractivity contribution < 1.29 is 12.8 Å². The van der Waals surface area contributed by atoms with Gasteiger partial charge < -0.3 is 0 Å². The van der Waals surface area contributed by atoms with E-state index in [0.29, 0.717) is 10.6 Å². The zero-order valence-corrected chi connectivity index (χ0v) is 13.0. The van der Waals surface area contributed by atoms with E-state index in [1.165, 1.54) is 18.2 Å². The average molecular weight is 328 g/mol. The molecule has 0 bridgehead atoms. The first kappa shape index (κ1) is 15.9. The van der Waals surface area contributed by atoms with Crippen LogP contribution in [0, 0.1) is 6.92 Å². The summed E-state index contributed by atoms with van der Waals surface area (Å²) in [6, 6.07) is 12.7. The third-order valence-corrected chi connectivity index (χ3v) is 4.67. The van der Waals surface area contributed by atoms with Gasteiger partial charge in [-0.05, 0) is 36.8 Å². The zero-order chi connectivity index (χ0) is 15.5. The highest BCUT2D eigenvalue weighted by Gasteiger charge is 2.17. The minimum absolute atomic E-state index is 0.117. The van der Waals surface area contributed by atoms with Gasteiger partial charge in [0.15, 0.2) is 0 Å². The molecule has 0 heterocycles. The summed E-state index contributed by atoms with van der Waals surface area (Å²) in [6.45, 7) is 1.52. The van der Waals surface area contributed by atoms with Crippen LogP contribution < -0.4 is 4.72 Å². The maximum absolute atomic E-state index is 14.0. The lowest BCUT2D eigenvalue weighted by molar-refractivity contribution is 0.343. The Morgan fingerprint density at radius 3 is 2.48 bits per heavy atom. The molecule has 112 valence electrons. The molecule has 0 aliphatic carbocycles. The molecule has 21 heavy (non-hydrogen) atoms. The Kier molecular flexibility index (Phi) is 4.98. The number of benzene rings is 2. The third-order valence-electron chi connectivity index (χ3n) is 2.99. The maximum Gasteiger partial charge on any atom is 0.240 e. The average Bonchev–Trinajstić information content (AvgIpc) is 2.45. The molecule has 0 radical (unpaired) electrons. The van der Waals surface area contributed by atoms with E-state index >= 15 is 0 Å². The Labute approximate surface area is 128 Å². The summed E-state index contributed by atoms with van der Waals surface area (Å²) < 4.78 is 40.4. The standard InChI is InChI=1S/C15H15ClFNO2S/c1-11-5-7-14(8-6-11)21(19,20)18-10-15(17)12-3-2-4-13(16)9-12/h2-9,15,18H,10H2,1H3. The monoisotopic (exact) mass is 327 g/mol. The molecule has 0 aromatic heterocycles. The Hall–Kier alpha value is -1.43. The van der Waals surface area contributed by atoms with Gasteiger partial charge in [0.2, 0.25) is 10.0 Å². The second kappa shape index (κ2) is 6.56. The summed E-state index contributed by atoms with van der Waals surface area (Å²) in [5, 5.41) is 0.413. The molecule has 2 aromatic carbocycles. The van der Waals surface area contributed by atoms with Gasteiger partial charge in [-0.2, -0.15) is 0 Å². The summed E-state index contributed by atoms with van der Waals surface area (Å²) in [6.07, 6.45) is -1.45. The van der Waals surface area contributed by atoms with Gasteiger partial charge in [0.25, 0.3) is 0 Å². The predicted molar refractivity (Wildman–Crippen MR) is 81.7 cm³/mol. The number of hydrogen-bond acceptors (Lipinski definition) is 2. The minimum atomic E-state index is -3.71. The molecule has 1 atom stereocenters. The highest BCUT2D eigenvalue weighted by atomic mass is 35.5. The number of halogens is 2. The summed E-state index contributed by atoms with van der Waals surface area (Å²) in [7, 11) is -3.71. The second-order valence-electron chi connectivity index (χ2n) is 4.69. The van der Waals surface area contributed by atoms with E-state index in [1.54, 1.807) is 30.3 Å². The fourth-order valence-corrected chi connectivity index (χ4v) is 3.03. The Morgan fingerprint density at radius 1 is 1.19 bits per heavy atom. The van der Waals surface area contributed by atoms with Crippen LogP contribution in [0.4, 0.5) is 4.39 Å². The van der Waals surface area contributed by atoms with Crippen LogP contribution in [0.15, 0.2) is 53.4 Å². The number of alkyl halides is 1. The fourth-order valence-electron chi connectivity index (χ4n) is 1.80. The van der Waals surface area contributed by atoms with Crippen molar-refractivity contribution in [2.45, 2.75) is 18.0 Å². The van der Waals surface area contributed by atoms with Crippen LogP contribution >= 0.6 is 11.6 Å². The molecule has 0 spiro atoms. The van der Waals surface area contributed by atoms with Crippen LogP contribution in [0.25, 0.3) is 0 Å². The van der Waals surface area contributed by atoms with Gasteiger partial charge in [0, 0.05) is 11.6 Å². The van der Waals surface area contributed by atoms with Crippen molar-refractivity contribution >= 4 is 21.6 Å². The van der Waals surface area contributed by atoms with Crippen LogP contribution in [0.3, 0.4) is 0 Å². The third kappa shape index (κ3) is 4.27. The normalized spacial score (nSPS) is 13.1. The van der Waals surface area contributed by atoms with Crippen molar-refractivity contribution in [3.63, 3.8) is 0 Å². The van der Waals surface area contributed by atoms with Gasteiger partial charge in [-0.15, -0.1) is 0 Å². The predicted octanol–water partition coefficient (Wildman–Crippen LogP) is 3.64. The largest absolute Gasteiger partial charge is 0.241 e.